The van der Waals surface area contributed by atoms with Crippen LogP contribution in [0.4, 0.5) is 0 Å². The molecule has 2 aromatic rings. The number of aliphatic hydroxyl groups excluding tert-OH is 1. The van der Waals surface area contributed by atoms with E-state index >= 15 is 0 Å². The molecule has 0 saturated carbocycles. The second-order valence-corrected chi connectivity index (χ2v) is 6.39. The molecule has 0 aromatic carbocycles. The van der Waals surface area contributed by atoms with Gasteiger partial charge in [-0.1, -0.05) is 6.07 Å². The van der Waals surface area contributed by atoms with Crippen LogP contribution in [0.25, 0.3) is 0 Å². The van der Waals surface area contributed by atoms with E-state index in [1.807, 2.05) is 35.0 Å². The molecule has 0 spiro atoms. The number of pyridine rings is 1. The summed E-state index contributed by atoms with van der Waals surface area (Å²) in [6, 6.07) is 7.69. The number of carbonyl (C=O) groups excluding carboxylic acids is 1. The molecule has 2 rings (SSSR count). The monoisotopic (exact) mass is 322 g/mol. The Kier molecular flexibility index (Phi) is 6.72. The molecule has 1 unspecified atom stereocenters. The van der Waals surface area contributed by atoms with Crippen LogP contribution in [-0.2, 0) is 10.5 Å². The zero-order valence-electron chi connectivity index (χ0n) is 11.6. The summed E-state index contributed by atoms with van der Waals surface area (Å²) in [6.07, 6.45) is 1.60. The molecular formula is C15H18N2O2S2. The van der Waals surface area contributed by atoms with Crippen LogP contribution >= 0.6 is 23.1 Å². The van der Waals surface area contributed by atoms with Crippen molar-refractivity contribution in [2.45, 2.75) is 18.3 Å². The summed E-state index contributed by atoms with van der Waals surface area (Å²) in [6.45, 7) is 0.264. The smallest absolute Gasteiger partial charge is 0.220 e. The summed E-state index contributed by atoms with van der Waals surface area (Å²) in [5, 5.41) is 16.4. The topological polar surface area (TPSA) is 62.2 Å². The first kappa shape index (κ1) is 16.0. The molecular weight excluding hydrogens is 304 g/mol. The van der Waals surface area contributed by atoms with Crippen molar-refractivity contribution in [3.8, 4) is 0 Å². The van der Waals surface area contributed by atoms with Crippen LogP contribution in [0, 0.1) is 0 Å². The molecule has 21 heavy (non-hydrogen) atoms. The van der Waals surface area contributed by atoms with E-state index in [-0.39, 0.29) is 12.5 Å². The molecule has 0 fully saturated rings. The third kappa shape index (κ3) is 5.87. The fourth-order valence-corrected chi connectivity index (χ4v) is 3.27. The van der Waals surface area contributed by atoms with Crippen LogP contribution in [0.1, 0.15) is 23.8 Å². The predicted octanol–water partition coefficient (Wildman–Crippen LogP) is 2.62. The molecule has 2 aromatic heterocycles. The summed E-state index contributed by atoms with van der Waals surface area (Å²) >= 11 is 3.22. The molecule has 0 aliphatic carbocycles. The lowest BCUT2D eigenvalue weighted by atomic mass is 10.2. The van der Waals surface area contributed by atoms with Gasteiger partial charge in [0.2, 0.25) is 5.91 Å². The zero-order chi connectivity index (χ0) is 14.9. The largest absolute Gasteiger partial charge is 0.387 e. The van der Waals surface area contributed by atoms with E-state index in [1.165, 1.54) is 11.3 Å². The van der Waals surface area contributed by atoms with Gasteiger partial charge in [-0.15, -0.1) is 0 Å². The van der Waals surface area contributed by atoms with Crippen molar-refractivity contribution in [3.63, 3.8) is 0 Å². The Morgan fingerprint density at radius 2 is 2.33 bits per heavy atom. The van der Waals surface area contributed by atoms with Crippen molar-refractivity contribution in [2.75, 3.05) is 12.3 Å². The summed E-state index contributed by atoms with van der Waals surface area (Å²) in [5.41, 5.74) is 1.88. The summed E-state index contributed by atoms with van der Waals surface area (Å²) < 4.78 is 0. The van der Waals surface area contributed by atoms with Gasteiger partial charge in [-0.2, -0.15) is 23.1 Å². The minimum Gasteiger partial charge on any atom is -0.387 e. The molecule has 2 N–H and O–H groups in total. The van der Waals surface area contributed by atoms with Crippen LogP contribution in [0.3, 0.4) is 0 Å². The van der Waals surface area contributed by atoms with E-state index in [0.29, 0.717) is 6.42 Å². The second kappa shape index (κ2) is 8.81. The predicted molar refractivity (Wildman–Crippen MR) is 87.3 cm³/mol. The number of thioether (sulfide) groups is 1. The summed E-state index contributed by atoms with van der Waals surface area (Å²) in [4.78, 5) is 15.9. The van der Waals surface area contributed by atoms with Crippen molar-refractivity contribution in [2.24, 2.45) is 0 Å². The standard InChI is InChI=1S/C15H18N2O2S2/c18-14(12-4-7-20-10-12)9-17-15(19)5-8-21-11-13-3-1-2-6-16-13/h1-4,6-7,10,14,18H,5,8-9,11H2,(H,17,19). The van der Waals surface area contributed by atoms with Gasteiger partial charge in [-0.25, -0.2) is 0 Å². The number of nitrogens with zero attached hydrogens (tertiary/aromatic N) is 1. The lowest BCUT2D eigenvalue weighted by Crippen LogP contribution is -2.28. The van der Waals surface area contributed by atoms with Gasteiger partial charge in [0.15, 0.2) is 0 Å². The summed E-state index contributed by atoms with van der Waals surface area (Å²) in [5.74, 6) is 1.53. The number of rotatable bonds is 8. The van der Waals surface area contributed by atoms with Crippen molar-refractivity contribution >= 4 is 29.0 Å². The van der Waals surface area contributed by atoms with Crippen LogP contribution < -0.4 is 5.32 Å². The minimum absolute atomic E-state index is 0.0298. The lowest BCUT2D eigenvalue weighted by molar-refractivity contribution is -0.121. The number of carbonyl (C=O) groups is 1. The van der Waals surface area contributed by atoms with E-state index < -0.39 is 6.10 Å². The number of aliphatic hydroxyl groups is 1. The van der Waals surface area contributed by atoms with E-state index in [9.17, 15) is 9.90 Å². The van der Waals surface area contributed by atoms with Gasteiger partial charge in [0.1, 0.15) is 0 Å². The average Bonchev–Trinajstić information content (AvgIpc) is 3.05. The number of amides is 1. The molecule has 0 saturated heterocycles. The van der Waals surface area contributed by atoms with E-state index in [2.05, 4.69) is 10.3 Å². The van der Waals surface area contributed by atoms with Gasteiger partial charge < -0.3 is 10.4 Å². The van der Waals surface area contributed by atoms with Gasteiger partial charge in [-0.3, -0.25) is 9.78 Å². The first-order valence-electron chi connectivity index (χ1n) is 6.70. The van der Waals surface area contributed by atoms with Gasteiger partial charge in [0, 0.05) is 30.7 Å². The first-order chi connectivity index (χ1) is 10.3. The third-order valence-electron chi connectivity index (χ3n) is 2.87. The molecule has 0 bridgehead atoms. The molecule has 0 radical (unpaired) electrons. The SMILES string of the molecule is O=C(CCSCc1ccccn1)NCC(O)c1ccsc1. The second-order valence-electron chi connectivity index (χ2n) is 4.50. The maximum absolute atomic E-state index is 11.7. The number of nitrogens with one attached hydrogen (secondary N) is 1. The maximum Gasteiger partial charge on any atom is 0.220 e. The van der Waals surface area contributed by atoms with Gasteiger partial charge in [-0.05, 0) is 34.5 Å². The Morgan fingerprint density at radius 3 is 3.05 bits per heavy atom. The summed E-state index contributed by atoms with van der Waals surface area (Å²) in [7, 11) is 0. The van der Waals surface area contributed by atoms with Crippen LogP contribution in [0.15, 0.2) is 41.2 Å². The van der Waals surface area contributed by atoms with E-state index in [4.69, 9.17) is 0 Å². The van der Waals surface area contributed by atoms with Gasteiger partial charge >= 0.3 is 0 Å². The normalized spacial score (nSPS) is 12.0. The number of hydrogen-bond acceptors (Lipinski definition) is 5. The Morgan fingerprint density at radius 1 is 1.43 bits per heavy atom. The Hall–Kier alpha value is -1.37. The quantitative estimate of drug-likeness (QED) is 0.733. The molecule has 1 amide bonds. The molecule has 4 nitrogen and oxygen atoms in total. The highest BCUT2D eigenvalue weighted by Crippen LogP contribution is 2.15. The van der Waals surface area contributed by atoms with Crippen LogP contribution in [-0.4, -0.2) is 28.3 Å². The highest BCUT2D eigenvalue weighted by atomic mass is 32.2. The fourth-order valence-electron chi connectivity index (χ4n) is 1.71. The number of hydrogen-bond donors (Lipinski definition) is 2. The van der Waals surface area contributed by atoms with Gasteiger partial charge in [0.25, 0.3) is 0 Å². The van der Waals surface area contributed by atoms with Crippen molar-refractivity contribution < 1.29 is 9.90 Å². The fraction of sp³-hybridized carbons (Fsp3) is 0.333. The molecule has 6 heteroatoms. The molecule has 0 aliphatic heterocycles. The maximum atomic E-state index is 11.7. The minimum atomic E-state index is -0.624. The number of thiophene rings is 1. The first-order valence-corrected chi connectivity index (χ1v) is 8.80. The molecule has 2 heterocycles. The molecule has 112 valence electrons. The third-order valence-corrected chi connectivity index (χ3v) is 4.56. The van der Waals surface area contributed by atoms with E-state index in [0.717, 1.165) is 22.8 Å². The van der Waals surface area contributed by atoms with Gasteiger partial charge in [0.05, 0.1) is 11.8 Å². The number of aromatic nitrogens is 1. The molecule has 0 aliphatic rings. The Labute approximate surface area is 132 Å². The zero-order valence-corrected chi connectivity index (χ0v) is 13.2. The highest BCUT2D eigenvalue weighted by Gasteiger charge is 2.09. The Bertz CT molecular complexity index is 532. The molecule has 1 atom stereocenters. The van der Waals surface area contributed by atoms with Crippen molar-refractivity contribution in [1.29, 1.82) is 0 Å². The van der Waals surface area contributed by atoms with Crippen molar-refractivity contribution in [1.82, 2.24) is 10.3 Å². The Balaban J connectivity index is 1.57. The highest BCUT2D eigenvalue weighted by molar-refractivity contribution is 7.98. The van der Waals surface area contributed by atoms with Crippen LogP contribution in [0.5, 0.6) is 0 Å². The van der Waals surface area contributed by atoms with Crippen molar-refractivity contribution in [3.05, 3.63) is 52.5 Å². The van der Waals surface area contributed by atoms with Crippen LogP contribution in [0.2, 0.25) is 0 Å². The average molecular weight is 322 g/mol. The van der Waals surface area contributed by atoms with E-state index in [1.54, 1.807) is 18.0 Å². The lowest BCUT2D eigenvalue weighted by Gasteiger charge is -2.10.